The Hall–Kier alpha value is 0.160. The Morgan fingerprint density at radius 1 is 1.42 bits per heavy atom. The van der Waals surface area contributed by atoms with Crippen molar-refractivity contribution in [2.24, 2.45) is 0 Å². The number of rotatable bonds is 6. The molecule has 0 aliphatic heterocycles. The number of unbranched alkanes of at least 4 members (excludes halogenated alkanes) is 2. The second kappa shape index (κ2) is 5.75. The van der Waals surface area contributed by atoms with Crippen LogP contribution in [0.2, 0.25) is 0 Å². The highest BCUT2D eigenvalue weighted by Gasteiger charge is 2.16. The molecule has 0 aliphatic rings. The van der Waals surface area contributed by atoms with Crippen molar-refractivity contribution < 1.29 is 13.0 Å². The van der Waals surface area contributed by atoms with Crippen LogP contribution in [0, 0.1) is 0 Å². The molecule has 0 aromatic rings. The summed E-state index contributed by atoms with van der Waals surface area (Å²) in [5.41, 5.74) is 0. The Morgan fingerprint density at radius 2 is 2.00 bits per heavy atom. The highest BCUT2D eigenvalue weighted by atomic mass is 35.5. The fraction of sp³-hybridized carbons (Fsp3) is 1.00. The summed E-state index contributed by atoms with van der Waals surface area (Å²) in [5.74, 6) is 0. The molecule has 0 rings (SSSR count). The lowest BCUT2D eigenvalue weighted by Gasteiger charge is -2.13. The lowest BCUT2D eigenvalue weighted by Crippen LogP contribution is -2.30. The summed E-state index contributed by atoms with van der Waals surface area (Å²) >= 11 is 5.32. The fourth-order valence-electron chi connectivity index (χ4n) is 0.775. The Balaban J connectivity index is 3.85. The third-order valence-electron chi connectivity index (χ3n) is 1.47. The van der Waals surface area contributed by atoms with Crippen molar-refractivity contribution in [3.8, 4) is 0 Å². The number of hydrogen-bond acceptors (Lipinski definition) is 2. The van der Waals surface area contributed by atoms with Gasteiger partial charge in [0, 0.05) is 6.54 Å². The van der Waals surface area contributed by atoms with Crippen molar-refractivity contribution in [3.05, 3.63) is 0 Å². The lowest BCUT2D eigenvalue weighted by atomic mass is 10.2. The molecule has 0 aromatic carbocycles. The first-order valence-electron chi connectivity index (χ1n) is 3.81. The average molecular weight is 216 g/mol. The summed E-state index contributed by atoms with van der Waals surface area (Å²) in [4.78, 5) is 0. The minimum Gasteiger partial charge on any atom is -0.273 e. The van der Waals surface area contributed by atoms with Crippen molar-refractivity contribution in [3.63, 3.8) is 0 Å². The maximum Gasteiger partial charge on any atom is 0.337 e. The number of nitrogens with zero attached hydrogens (tertiary/aromatic N) is 1. The van der Waals surface area contributed by atoms with Gasteiger partial charge in [-0.05, 0) is 6.42 Å². The molecule has 0 radical (unpaired) electrons. The lowest BCUT2D eigenvalue weighted by molar-refractivity contribution is 0.372. The summed E-state index contributed by atoms with van der Waals surface area (Å²) in [7, 11) is -4.09. The SMILES string of the molecule is CCCCCN(CCl)S(=O)(=O)O. The minimum absolute atomic E-state index is 0.192. The largest absolute Gasteiger partial charge is 0.337 e. The first kappa shape index (κ1) is 12.2. The zero-order chi connectivity index (χ0) is 9.61. The van der Waals surface area contributed by atoms with E-state index in [2.05, 4.69) is 0 Å². The maximum atomic E-state index is 10.6. The average Bonchev–Trinajstić information content (AvgIpc) is 1.95. The van der Waals surface area contributed by atoms with Gasteiger partial charge in [-0.3, -0.25) is 4.55 Å². The zero-order valence-electron chi connectivity index (χ0n) is 7.03. The van der Waals surface area contributed by atoms with Gasteiger partial charge in [-0.2, -0.15) is 12.7 Å². The summed E-state index contributed by atoms with van der Waals surface area (Å²) in [6.45, 7) is 2.30. The quantitative estimate of drug-likeness (QED) is 0.316. The topological polar surface area (TPSA) is 57.6 Å². The van der Waals surface area contributed by atoms with Gasteiger partial charge in [0.25, 0.3) is 0 Å². The fourth-order valence-corrected chi connectivity index (χ4v) is 1.75. The molecule has 0 aliphatic carbocycles. The van der Waals surface area contributed by atoms with Gasteiger partial charge in [-0.25, -0.2) is 0 Å². The van der Waals surface area contributed by atoms with Gasteiger partial charge < -0.3 is 0 Å². The Bertz CT molecular complexity index is 205. The van der Waals surface area contributed by atoms with Gasteiger partial charge >= 0.3 is 10.3 Å². The zero-order valence-corrected chi connectivity index (χ0v) is 8.61. The van der Waals surface area contributed by atoms with Crippen LogP contribution in [0.1, 0.15) is 26.2 Å². The number of halogens is 1. The second-order valence-corrected chi connectivity index (χ2v) is 4.13. The highest BCUT2D eigenvalue weighted by Crippen LogP contribution is 2.03. The van der Waals surface area contributed by atoms with Crippen LogP contribution < -0.4 is 0 Å². The molecule has 0 heterocycles. The van der Waals surface area contributed by atoms with Crippen LogP contribution in [0.15, 0.2) is 0 Å². The maximum absolute atomic E-state index is 10.6. The summed E-state index contributed by atoms with van der Waals surface area (Å²) in [6.07, 6.45) is 2.66. The summed E-state index contributed by atoms with van der Waals surface area (Å²) < 4.78 is 30.5. The van der Waals surface area contributed by atoms with Gasteiger partial charge in [0.1, 0.15) is 0 Å². The van der Waals surface area contributed by atoms with E-state index >= 15 is 0 Å². The van der Waals surface area contributed by atoms with E-state index in [1.165, 1.54) is 0 Å². The van der Waals surface area contributed by atoms with E-state index < -0.39 is 10.3 Å². The Morgan fingerprint density at radius 3 is 2.33 bits per heavy atom. The predicted molar refractivity (Wildman–Crippen MR) is 48.5 cm³/mol. The van der Waals surface area contributed by atoms with Crippen molar-refractivity contribution >= 4 is 21.9 Å². The normalized spacial score (nSPS) is 12.3. The van der Waals surface area contributed by atoms with Crippen LogP contribution in [-0.4, -0.2) is 29.8 Å². The van der Waals surface area contributed by atoms with E-state index in [9.17, 15) is 8.42 Å². The van der Waals surface area contributed by atoms with Gasteiger partial charge in [-0.1, -0.05) is 19.8 Å². The third kappa shape index (κ3) is 4.92. The van der Waals surface area contributed by atoms with Crippen LogP contribution in [0.5, 0.6) is 0 Å². The van der Waals surface area contributed by atoms with Crippen LogP contribution in [-0.2, 0) is 10.3 Å². The van der Waals surface area contributed by atoms with Gasteiger partial charge in [-0.15, -0.1) is 11.6 Å². The number of hydrogen-bond donors (Lipinski definition) is 1. The molecule has 0 fully saturated rings. The second-order valence-electron chi connectivity index (χ2n) is 2.48. The number of alkyl halides is 1. The van der Waals surface area contributed by atoms with E-state index in [1.54, 1.807) is 0 Å². The Kier molecular flexibility index (Phi) is 5.82. The molecule has 0 atom stereocenters. The van der Waals surface area contributed by atoms with Gasteiger partial charge in [0.05, 0.1) is 6.00 Å². The van der Waals surface area contributed by atoms with E-state index in [-0.39, 0.29) is 12.5 Å². The van der Waals surface area contributed by atoms with Crippen LogP contribution >= 0.6 is 11.6 Å². The summed E-state index contributed by atoms with van der Waals surface area (Å²) in [6, 6.07) is -0.192. The molecular formula is C6H14ClNO3S. The van der Waals surface area contributed by atoms with Crippen molar-refractivity contribution in [1.82, 2.24) is 4.31 Å². The van der Waals surface area contributed by atoms with E-state index in [1.807, 2.05) is 6.92 Å². The molecule has 0 unspecified atom stereocenters. The molecule has 0 bridgehead atoms. The van der Waals surface area contributed by atoms with Crippen molar-refractivity contribution in [1.29, 1.82) is 0 Å². The molecule has 6 heteroatoms. The Labute approximate surface area is 78.4 Å². The molecule has 0 aromatic heterocycles. The monoisotopic (exact) mass is 215 g/mol. The molecule has 0 saturated carbocycles. The van der Waals surface area contributed by atoms with Crippen molar-refractivity contribution in [2.75, 3.05) is 12.5 Å². The molecule has 0 spiro atoms. The van der Waals surface area contributed by atoms with Crippen LogP contribution in [0.3, 0.4) is 0 Å². The van der Waals surface area contributed by atoms with Crippen molar-refractivity contribution in [2.45, 2.75) is 26.2 Å². The molecule has 4 nitrogen and oxygen atoms in total. The smallest absolute Gasteiger partial charge is 0.273 e. The minimum atomic E-state index is -4.09. The van der Waals surface area contributed by atoms with Crippen LogP contribution in [0.4, 0.5) is 0 Å². The highest BCUT2D eigenvalue weighted by molar-refractivity contribution is 7.83. The molecule has 12 heavy (non-hydrogen) atoms. The molecule has 1 N–H and O–H groups in total. The van der Waals surface area contributed by atoms with Gasteiger partial charge in [0.15, 0.2) is 0 Å². The molecule has 0 saturated heterocycles. The molecule has 0 amide bonds. The summed E-state index contributed by atoms with van der Waals surface area (Å²) in [5, 5.41) is 0. The molecular weight excluding hydrogens is 202 g/mol. The standard InChI is InChI=1S/C6H14ClNO3S/c1-2-3-4-5-8(6-7)12(9,10)11/h2-6H2,1H3,(H,9,10,11). The van der Waals surface area contributed by atoms with E-state index in [0.717, 1.165) is 23.6 Å². The van der Waals surface area contributed by atoms with E-state index in [0.29, 0.717) is 0 Å². The first-order chi connectivity index (χ1) is 5.52. The molecule has 74 valence electrons. The van der Waals surface area contributed by atoms with Gasteiger partial charge in [0.2, 0.25) is 0 Å². The third-order valence-corrected chi connectivity index (χ3v) is 2.87. The van der Waals surface area contributed by atoms with E-state index in [4.69, 9.17) is 16.2 Å². The predicted octanol–water partition coefficient (Wildman–Crippen LogP) is 1.48. The van der Waals surface area contributed by atoms with Crippen LogP contribution in [0.25, 0.3) is 0 Å². The first-order valence-corrected chi connectivity index (χ1v) is 5.74.